The summed E-state index contributed by atoms with van der Waals surface area (Å²) < 4.78 is 0. The number of carbonyl (C=O) groups excluding carboxylic acids is 1. The lowest BCUT2D eigenvalue weighted by Crippen LogP contribution is -2.46. The fourth-order valence-corrected chi connectivity index (χ4v) is 2.43. The fourth-order valence-electron chi connectivity index (χ4n) is 2.43. The second-order valence-corrected chi connectivity index (χ2v) is 6.03. The van der Waals surface area contributed by atoms with Crippen LogP contribution in [0.25, 0.3) is 0 Å². The summed E-state index contributed by atoms with van der Waals surface area (Å²) in [4.78, 5) is 14.1. The van der Waals surface area contributed by atoms with Crippen LogP contribution in [-0.4, -0.2) is 29.4 Å². The summed E-state index contributed by atoms with van der Waals surface area (Å²) >= 11 is 0. The summed E-state index contributed by atoms with van der Waals surface area (Å²) in [6, 6.07) is 0.228. The van der Waals surface area contributed by atoms with E-state index in [2.05, 4.69) is 20.8 Å². The zero-order chi connectivity index (χ0) is 13.1. The molecule has 2 unspecified atom stereocenters. The van der Waals surface area contributed by atoms with Gasteiger partial charge in [-0.05, 0) is 39.0 Å². The van der Waals surface area contributed by atoms with Gasteiger partial charge in [-0.1, -0.05) is 19.8 Å². The lowest BCUT2D eigenvalue weighted by molar-refractivity contribution is -0.136. The molecule has 0 radical (unpaired) electrons. The molecule has 0 aromatic rings. The van der Waals surface area contributed by atoms with Gasteiger partial charge in [-0.3, -0.25) is 4.79 Å². The van der Waals surface area contributed by atoms with Crippen molar-refractivity contribution >= 4 is 5.91 Å². The van der Waals surface area contributed by atoms with E-state index < -0.39 is 0 Å². The second-order valence-electron chi connectivity index (χ2n) is 6.03. The van der Waals surface area contributed by atoms with Crippen LogP contribution in [0.3, 0.4) is 0 Å². The van der Waals surface area contributed by atoms with E-state index >= 15 is 0 Å². The van der Waals surface area contributed by atoms with Crippen molar-refractivity contribution in [3.63, 3.8) is 0 Å². The maximum absolute atomic E-state index is 12.2. The van der Waals surface area contributed by atoms with Crippen molar-refractivity contribution in [1.29, 1.82) is 0 Å². The first-order valence-corrected chi connectivity index (χ1v) is 6.90. The molecule has 3 nitrogen and oxygen atoms in total. The maximum atomic E-state index is 12.2. The predicted octanol–water partition coefficient (Wildman–Crippen LogP) is 2.54. The molecule has 100 valence electrons. The minimum Gasteiger partial charge on any atom is -0.341 e. The Labute approximate surface area is 106 Å². The molecule has 1 rings (SSSR count). The van der Waals surface area contributed by atoms with Gasteiger partial charge in [0.15, 0.2) is 0 Å². The zero-order valence-electron chi connectivity index (χ0n) is 11.8. The Bertz CT molecular complexity index is 263. The van der Waals surface area contributed by atoms with Crippen molar-refractivity contribution < 1.29 is 4.79 Å². The van der Waals surface area contributed by atoms with E-state index in [4.69, 9.17) is 5.73 Å². The summed E-state index contributed by atoms with van der Waals surface area (Å²) in [5.74, 6) is 0.644. The third kappa shape index (κ3) is 3.70. The Morgan fingerprint density at radius 3 is 2.47 bits per heavy atom. The Balaban J connectivity index is 2.53. The smallest absolute Gasteiger partial charge is 0.223 e. The molecule has 0 saturated heterocycles. The number of amides is 1. The van der Waals surface area contributed by atoms with Crippen LogP contribution in [0.5, 0.6) is 0 Å². The SMILES string of the molecule is CCC(C)(C)N(C)C(=O)CC1CCCCC1N. The molecule has 3 heteroatoms. The topological polar surface area (TPSA) is 46.3 Å². The van der Waals surface area contributed by atoms with Gasteiger partial charge in [0, 0.05) is 25.0 Å². The van der Waals surface area contributed by atoms with Gasteiger partial charge in [-0.15, -0.1) is 0 Å². The third-order valence-corrected chi connectivity index (χ3v) is 4.55. The molecular formula is C14H28N2O. The summed E-state index contributed by atoms with van der Waals surface area (Å²) in [5.41, 5.74) is 6.05. The van der Waals surface area contributed by atoms with E-state index in [9.17, 15) is 4.79 Å². The minimum absolute atomic E-state index is 0.0458. The largest absolute Gasteiger partial charge is 0.341 e. The summed E-state index contributed by atoms with van der Waals surface area (Å²) in [6.07, 6.45) is 6.26. The quantitative estimate of drug-likeness (QED) is 0.821. The average Bonchev–Trinajstić information content (AvgIpc) is 2.31. The fraction of sp³-hybridized carbons (Fsp3) is 0.929. The molecule has 0 bridgehead atoms. The first-order chi connectivity index (χ1) is 7.88. The lowest BCUT2D eigenvalue weighted by atomic mass is 9.82. The maximum Gasteiger partial charge on any atom is 0.223 e. The van der Waals surface area contributed by atoms with Crippen LogP contribution in [0.2, 0.25) is 0 Å². The van der Waals surface area contributed by atoms with Crippen LogP contribution in [-0.2, 0) is 4.79 Å². The monoisotopic (exact) mass is 240 g/mol. The van der Waals surface area contributed by atoms with Crippen LogP contribution >= 0.6 is 0 Å². The molecular weight excluding hydrogens is 212 g/mol. The predicted molar refractivity (Wildman–Crippen MR) is 71.7 cm³/mol. The molecule has 17 heavy (non-hydrogen) atoms. The molecule has 1 aliphatic rings. The summed E-state index contributed by atoms with van der Waals surface area (Å²) in [6.45, 7) is 6.35. The molecule has 0 heterocycles. The normalized spacial score (nSPS) is 25.7. The Kier molecular flexibility index (Phi) is 4.99. The Morgan fingerprint density at radius 2 is 1.94 bits per heavy atom. The first-order valence-electron chi connectivity index (χ1n) is 6.90. The van der Waals surface area contributed by atoms with Gasteiger partial charge >= 0.3 is 0 Å². The van der Waals surface area contributed by atoms with Crippen LogP contribution in [0, 0.1) is 5.92 Å². The molecule has 1 amide bonds. The van der Waals surface area contributed by atoms with E-state index in [1.165, 1.54) is 12.8 Å². The van der Waals surface area contributed by atoms with E-state index in [0.29, 0.717) is 12.3 Å². The van der Waals surface area contributed by atoms with Crippen LogP contribution in [0.1, 0.15) is 59.3 Å². The molecule has 0 aromatic heterocycles. The van der Waals surface area contributed by atoms with Crippen LogP contribution < -0.4 is 5.73 Å². The number of carbonyl (C=O) groups is 1. The molecule has 2 atom stereocenters. The molecule has 1 fully saturated rings. The molecule has 2 N–H and O–H groups in total. The Morgan fingerprint density at radius 1 is 1.35 bits per heavy atom. The van der Waals surface area contributed by atoms with E-state index in [0.717, 1.165) is 19.3 Å². The second kappa shape index (κ2) is 5.85. The van der Waals surface area contributed by atoms with Crippen LogP contribution in [0.15, 0.2) is 0 Å². The third-order valence-electron chi connectivity index (χ3n) is 4.55. The van der Waals surface area contributed by atoms with E-state index in [1.807, 2.05) is 11.9 Å². The van der Waals surface area contributed by atoms with Crippen molar-refractivity contribution in [3.05, 3.63) is 0 Å². The van der Waals surface area contributed by atoms with Gasteiger partial charge in [0.1, 0.15) is 0 Å². The highest BCUT2D eigenvalue weighted by molar-refractivity contribution is 5.77. The van der Waals surface area contributed by atoms with Crippen molar-refractivity contribution in [1.82, 2.24) is 4.90 Å². The van der Waals surface area contributed by atoms with Gasteiger partial charge in [0.2, 0.25) is 5.91 Å². The molecule has 0 spiro atoms. The van der Waals surface area contributed by atoms with Crippen molar-refractivity contribution in [2.45, 2.75) is 70.9 Å². The lowest BCUT2D eigenvalue weighted by Gasteiger charge is -2.37. The summed E-state index contributed by atoms with van der Waals surface area (Å²) in [5, 5.41) is 0. The van der Waals surface area contributed by atoms with Crippen LogP contribution in [0.4, 0.5) is 0 Å². The van der Waals surface area contributed by atoms with Crippen molar-refractivity contribution in [3.8, 4) is 0 Å². The van der Waals surface area contributed by atoms with E-state index in [-0.39, 0.29) is 17.5 Å². The highest BCUT2D eigenvalue weighted by atomic mass is 16.2. The highest BCUT2D eigenvalue weighted by Gasteiger charge is 2.30. The van der Waals surface area contributed by atoms with Gasteiger partial charge in [0.05, 0.1) is 0 Å². The summed E-state index contributed by atoms with van der Waals surface area (Å²) in [7, 11) is 1.92. The average molecular weight is 240 g/mol. The first kappa shape index (κ1) is 14.5. The molecule has 0 aliphatic heterocycles. The van der Waals surface area contributed by atoms with Crippen molar-refractivity contribution in [2.24, 2.45) is 11.7 Å². The number of nitrogens with two attached hydrogens (primary N) is 1. The number of hydrogen-bond acceptors (Lipinski definition) is 2. The van der Waals surface area contributed by atoms with Gasteiger partial charge in [-0.2, -0.15) is 0 Å². The standard InChI is InChI=1S/C14H28N2O/c1-5-14(2,3)16(4)13(17)10-11-8-6-7-9-12(11)15/h11-12H,5-10,15H2,1-4H3. The minimum atomic E-state index is -0.0458. The Hall–Kier alpha value is -0.570. The number of nitrogens with zero attached hydrogens (tertiary/aromatic N) is 1. The highest BCUT2D eigenvalue weighted by Crippen LogP contribution is 2.27. The molecule has 1 saturated carbocycles. The number of hydrogen-bond donors (Lipinski definition) is 1. The van der Waals surface area contributed by atoms with Gasteiger partial charge < -0.3 is 10.6 Å². The number of rotatable bonds is 4. The molecule has 1 aliphatic carbocycles. The zero-order valence-corrected chi connectivity index (χ0v) is 11.8. The van der Waals surface area contributed by atoms with Crippen molar-refractivity contribution in [2.75, 3.05) is 7.05 Å². The van der Waals surface area contributed by atoms with E-state index in [1.54, 1.807) is 0 Å². The van der Waals surface area contributed by atoms with Gasteiger partial charge in [0.25, 0.3) is 0 Å². The molecule has 0 aromatic carbocycles. The van der Waals surface area contributed by atoms with Gasteiger partial charge in [-0.25, -0.2) is 0 Å².